The molecule has 1 fully saturated rings. The predicted molar refractivity (Wildman–Crippen MR) is 76.7 cm³/mol. The van der Waals surface area contributed by atoms with Crippen molar-refractivity contribution in [1.29, 1.82) is 0 Å². The highest BCUT2D eigenvalue weighted by atomic mass is 14.9. The molecule has 0 aliphatic heterocycles. The summed E-state index contributed by atoms with van der Waals surface area (Å²) in [7, 11) is 0. The van der Waals surface area contributed by atoms with Crippen LogP contribution in [0.4, 0.5) is 0 Å². The van der Waals surface area contributed by atoms with E-state index in [1.807, 2.05) is 19.1 Å². The molecule has 1 aliphatic carbocycles. The van der Waals surface area contributed by atoms with E-state index in [9.17, 15) is 0 Å². The first-order chi connectivity index (χ1) is 9.26. The lowest BCUT2D eigenvalue weighted by molar-refractivity contribution is 0.410. The van der Waals surface area contributed by atoms with Gasteiger partial charge in [0.25, 0.3) is 0 Å². The Morgan fingerprint density at radius 3 is 2.47 bits per heavy atom. The summed E-state index contributed by atoms with van der Waals surface area (Å²) in [5, 5.41) is 0. The molecule has 3 heteroatoms. The molecule has 3 rings (SSSR count). The Bertz CT molecular complexity index is 571. The maximum Gasteiger partial charge on any atom is 0.159 e. The third-order valence-corrected chi connectivity index (χ3v) is 3.85. The molecular formula is C16H19N3. The molecule has 0 saturated heterocycles. The first kappa shape index (κ1) is 12.3. The maximum absolute atomic E-state index is 5.62. The van der Waals surface area contributed by atoms with Gasteiger partial charge in [-0.25, -0.2) is 9.97 Å². The molecule has 1 saturated carbocycles. The van der Waals surface area contributed by atoms with Crippen molar-refractivity contribution in [3.05, 3.63) is 47.3 Å². The van der Waals surface area contributed by atoms with Crippen LogP contribution >= 0.6 is 0 Å². The van der Waals surface area contributed by atoms with Crippen LogP contribution in [0, 0.1) is 6.92 Å². The van der Waals surface area contributed by atoms with Gasteiger partial charge in [0.05, 0.1) is 0 Å². The minimum absolute atomic E-state index is 0.572. The third kappa shape index (κ3) is 2.51. The highest BCUT2D eigenvalue weighted by Gasteiger charge is 2.21. The number of aromatic nitrogens is 2. The zero-order valence-corrected chi connectivity index (χ0v) is 11.3. The highest BCUT2D eigenvalue weighted by molar-refractivity contribution is 5.55. The van der Waals surface area contributed by atoms with E-state index in [-0.39, 0.29) is 0 Å². The van der Waals surface area contributed by atoms with E-state index in [1.54, 1.807) is 0 Å². The number of aryl methyl sites for hydroxylation is 1. The molecule has 1 heterocycles. The first-order valence-electron chi connectivity index (χ1n) is 6.91. The molecule has 1 aliphatic rings. The predicted octanol–water partition coefficient (Wildman–Crippen LogP) is 3.18. The summed E-state index contributed by atoms with van der Waals surface area (Å²) in [6, 6.07) is 10.3. The zero-order valence-electron chi connectivity index (χ0n) is 11.3. The van der Waals surface area contributed by atoms with Crippen molar-refractivity contribution in [3.8, 4) is 11.4 Å². The van der Waals surface area contributed by atoms with Crippen LogP contribution in [0.15, 0.2) is 30.3 Å². The fourth-order valence-electron chi connectivity index (χ4n) is 2.43. The van der Waals surface area contributed by atoms with Gasteiger partial charge in [-0.05, 0) is 31.4 Å². The summed E-state index contributed by atoms with van der Waals surface area (Å²) in [5.74, 6) is 1.48. The summed E-state index contributed by atoms with van der Waals surface area (Å²) in [5.41, 5.74) is 10.1. The summed E-state index contributed by atoms with van der Waals surface area (Å²) in [4.78, 5) is 9.30. The summed E-state index contributed by atoms with van der Waals surface area (Å²) < 4.78 is 0. The van der Waals surface area contributed by atoms with Crippen LogP contribution in [0.25, 0.3) is 11.4 Å². The van der Waals surface area contributed by atoms with Gasteiger partial charge < -0.3 is 5.73 Å². The van der Waals surface area contributed by atoms with Crippen molar-refractivity contribution in [2.45, 2.75) is 38.6 Å². The Morgan fingerprint density at radius 2 is 1.89 bits per heavy atom. The lowest BCUT2D eigenvalue weighted by atomic mass is 9.82. The summed E-state index contributed by atoms with van der Waals surface area (Å²) >= 11 is 0. The quantitative estimate of drug-likeness (QED) is 0.914. The monoisotopic (exact) mass is 253 g/mol. The topological polar surface area (TPSA) is 51.8 Å². The van der Waals surface area contributed by atoms with Crippen molar-refractivity contribution in [2.75, 3.05) is 0 Å². The average Bonchev–Trinajstić information content (AvgIpc) is 2.36. The van der Waals surface area contributed by atoms with Crippen molar-refractivity contribution in [2.24, 2.45) is 5.73 Å². The van der Waals surface area contributed by atoms with Crippen molar-refractivity contribution < 1.29 is 0 Å². The van der Waals surface area contributed by atoms with Gasteiger partial charge in [0.1, 0.15) is 0 Å². The molecule has 2 N–H and O–H groups in total. The molecule has 0 atom stereocenters. The summed E-state index contributed by atoms with van der Waals surface area (Å²) in [6.07, 6.45) is 3.86. The van der Waals surface area contributed by atoms with E-state index in [0.717, 1.165) is 22.6 Å². The van der Waals surface area contributed by atoms with E-state index >= 15 is 0 Å². The van der Waals surface area contributed by atoms with Gasteiger partial charge in [-0.3, -0.25) is 0 Å². The minimum Gasteiger partial charge on any atom is -0.326 e. The average molecular weight is 253 g/mol. The van der Waals surface area contributed by atoms with Gasteiger partial charge in [-0.15, -0.1) is 0 Å². The molecule has 3 nitrogen and oxygen atoms in total. The normalized spacial score (nSPS) is 15.3. The first-order valence-corrected chi connectivity index (χ1v) is 6.91. The maximum atomic E-state index is 5.62. The Labute approximate surface area is 113 Å². The molecule has 0 amide bonds. The fraction of sp³-hybridized carbons (Fsp3) is 0.375. The number of hydrogen-bond donors (Lipinski definition) is 1. The van der Waals surface area contributed by atoms with Crippen LogP contribution in [-0.2, 0) is 6.54 Å². The summed E-state index contributed by atoms with van der Waals surface area (Å²) in [6.45, 7) is 2.61. The van der Waals surface area contributed by atoms with Crippen LogP contribution in [0.1, 0.15) is 42.1 Å². The highest BCUT2D eigenvalue weighted by Crippen LogP contribution is 2.36. The molecule has 0 bridgehead atoms. The van der Waals surface area contributed by atoms with Crippen molar-refractivity contribution in [3.63, 3.8) is 0 Å². The fourth-order valence-corrected chi connectivity index (χ4v) is 2.43. The number of nitrogens with two attached hydrogens (primary N) is 1. The van der Waals surface area contributed by atoms with Gasteiger partial charge in [-0.2, -0.15) is 0 Å². The van der Waals surface area contributed by atoms with Crippen LogP contribution in [0.2, 0.25) is 0 Å². The Morgan fingerprint density at radius 1 is 1.16 bits per heavy atom. The molecule has 1 aromatic heterocycles. The Hall–Kier alpha value is -1.74. The SMILES string of the molecule is Cc1cc(C2CCC2)nc(-c2ccc(CN)cc2)n1. The van der Waals surface area contributed by atoms with Gasteiger partial charge >= 0.3 is 0 Å². The second-order valence-electron chi connectivity index (χ2n) is 5.29. The van der Waals surface area contributed by atoms with Gasteiger partial charge in [0.15, 0.2) is 5.82 Å². The van der Waals surface area contributed by atoms with Gasteiger partial charge in [0.2, 0.25) is 0 Å². The van der Waals surface area contributed by atoms with Crippen molar-refractivity contribution >= 4 is 0 Å². The van der Waals surface area contributed by atoms with E-state index in [4.69, 9.17) is 10.7 Å². The molecule has 19 heavy (non-hydrogen) atoms. The number of hydrogen-bond acceptors (Lipinski definition) is 3. The molecular weight excluding hydrogens is 234 g/mol. The second kappa shape index (κ2) is 5.10. The smallest absolute Gasteiger partial charge is 0.159 e. The third-order valence-electron chi connectivity index (χ3n) is 3.85. The Balaban J connectivity index is 1.96. The van der Waals surface area contributed by atoms with E-state index < -0.39 is 0 Å². The molecule has 0 radical (unpaired) electrons. The lowest BCUT2D eigenvalue weighted by Gasteiger charge is -2.25. The van der Waals surface area contributed by atoms with Gasteiger partial charge in [-0.1, -0.05) is 30.7 Å². The van der Waals surface area contributed by atoms with Crippen LogP contribution in [0.5, 0.6) is 0 Å². The molecule has 0 spiro atoms. The lowest BCUT2D eigenvalue weighted by Crippen LogP contribution is -2.12. The molecule has 0 unspecified atom stereocenters. The van der Waals surface area contributed by atoms with Crippen LogP contribution in [0.3, 0.4) is 0 Å². The molecule has 2 aromatic rings. The van der Waals surface area contributed by atoms with Crippen LogP contribution < -0.4 is 5.73 Å². The largest absolute Gasteiger partial charge is 0.326 e. The molecule has 98 valence electrons. The van der Waals surface area contributed by atoms with E-state index in [1.165, 1.54) is 25.0 Å². The zero-order chi connectivity index (χ0) is 13.2. The standard InChI is InChI=1S/C16H19N3/c1-11-9-15(13-3-2-4-13)19-16(18-11)14-7-5-12(10-17)6-8-14/h5-9,13H,2-4,10,17H2,1H3. The number of nitrogens with zero attached hydrogens (tertiary/aromatic N) is 2. The minimum atomic E-state index is 0.572. The van der Waals surface area contributed by atoms with Crippen LogP contribution in [-0.4, -0.2) is 9.97 Å². The second-order valence-corrected chi connectivity index (χ2v) is 5.29. The number of benzene rings is 1. The van der Waals surface area contributed by atoms with E-state index in [2.05, 4.69) is 23.2 Å². The molecule has 1 aromatic carbocycles. The van der Waals surface area contributed by atoms with E-state index in [0.29, 0.717) is 12.5 Å². The van der Waals surface area contributed by atoms with Gasteiger partial charge in [0, 0.05) is 29.4 Å². The Kier molecular flexibility index (Phi) is 3.30. The van der Waals surface area contributed by atoms with Crippen molar-refractivity contribution in [1.82, 2.24) is 9.97 Å². The number of rotatable bonds is 3.